The lowest BCUT2D eigenvalue weighted by molar-refractivity contribution is 0.0500. The number of ether oxygens (including phenoxy) is 3. The standard InChI is InChI=1S/C27H33N3O6S/c1-34-16-14-30-23(17-28-27(30)37(32,33)20-21-7-4-3-5-8-21)18-29(19-25-9-6-15-36-25)26(31)22-10-12-24(35-2)13-11-22/h3-5,7-8,10-13,17,25H,6,9,14-16,18-20H2,1-2H3/t25-/m1/s1. The van der Waals surface area contributed by atoms with Gasteiger partial charge in [0.2, 0.25) is 15.0 Å². The average molecular weight is 528 g/mol. The molecule has 1 amide bonds. The predicted molar refractivity (Wildman–Crippen MR) is 138 cm³/mol. The Morgan fingerprint density at radius 3 is 2.54 bits per heavy atom. The van der Waals surface area contributed by atoms with Crippen molar-refractivity contribution in [3.8, 4) is 5.75 Å². The summed E-state index contributed by atoms with van der Waals surface area (Å²) in [6.45, 7) is 1.84. The summed E-state index contributed by atoms with van der Waals surface area (Å²) in [4.78, 5) is 19.6. The molecule has 1 aliphatic heterocycles. The molecule has 0 aliphatic carbocycles. The van der Waals surface area contributed by atoms with E-state index in [2.05, 4.69) is 4.98 Å². The lowest BCUT2D eigenvalue weighted by atomic mass is 10.1. The van der Waals surface area contributed by atoms with E-state index >= 15 is 0 Å². The highest BCUT2D eigenvalue weighted by atomic mass is 32.2. The van der Waals surface area contributed by atoms with Crippen LogP contribution in [0.5, 0.6) is 5.75 Å². The summed E-state index contributed by atoms with van der Waals surface area (Å²) < 4.78 is 44.6. The van der Waals surface area contributed by atoms with Crippen LogP contribution in [0.3, 0.4) is 0 Å². The van der Waals surface area contributed by atoms with Crippen molar-refractivity contribution >= 4 is 15.7 Å². The first kappa shape index (κ1) is 26.8. The first-order chi connectivity index (χ1) is 17.9. The Bertz CT molecular complexity index is 1270. The van der Waals surface area contributed by atoms with Crippen LogP contribution in [-0.2, 0) is 38.2 Å². The summed E-state index contributed by atoms with van der Waals surface area (Å²) in [5.74, 6) is 0.321. The van der Waals surface area contributed by atoms with Crippen molar-refractivity contribution in [3.63, 3.8) is 0 Å². The van der Waals surface area contributed by atoms with Crippen molar-refractivity contribution in [1.82, 2.24) is 14.5 Å². The molecule has 0 unspecified atom stereocenters. The number of imidazole rings is 1. The number of nitrogens with zero attached hydrogens (tertiary/aromatic N) is 3. The van der Waals surface area contributed by atoms with Crippen molar-refractivity contribution in [2.24, 2.45) is 0 Å². The van der Waals surface area contributed by atoms with Crippen LogP contribution in [0.15, 0.2) is 66.0 Å². The van der Waals surface area contributed by atoms with Gasteiger partial charge in [-0.15, -0.1) is 0 Å². The molecule has 0 N–H and O–H groups in total. The lowest BCUT2D eigenvalue weighted by Crippen LogP contribution is -2.37. The van der Waals surface area contributed by atoms with E-state index in [1.54, 1.807) is 72.2 Å². The number of sulfone groups is 1. The molecule has 1 fully saturated rings. The maximum Gasteiger partial charge on any atom is 0.254 e. The Morgan fingerprint density at radius 1 is 1.14 bits per heavy atom. The highest BCUT2D eigenvalue weighted by Gasteiger charge is 2.28. The van der Waals surface area contributed by atoms with Crippen LogP contribution < -0.4 is 4.74 Å². The zero-order valence-corrected chi connectivity index (χ0v) is 22.0. The van der Waals surface area contributed by atoms with Gasteiger partial charge in [-0.1, -0.05) is 30.3 Å². The molecular weight excluding hydrogens is 494 g/mol. The molecule has 0 saturated carbocycles. The Kier molecular flexibility index (Phi) is 8.96. The van der Waals surface area contributed by atoms with Crippen LogP contribution >= 0.6 is 0 Å². The van der Waals surface area contributed by atoms with Gasteiger partial charge in [-0.3, -0.25) is 4.79 Å². The summed E-state index contributed by atoms with van der Waals surface area (Å²) in [5.41, 5.74) is 1.81. The monoisotopic (exact) mass is 527 g/mol. The molecule has 0 spiro atoms. The van der Waals surface area contributed by atoms with E-state index in [0.29, 0.717) is 48.9 Å². The zero-order chi connectivity index (χ0) is 26.3. The largest absolute Gasteiger partial charge is 0.497 e. The molecule has 1 aromatic heterocycles. The van der Waals surface area contributed by atoms with E-state index in [1.807, 2.05) is 6.07 Å². The molecular formula is C27H33N3O6S. The molecule has 2 aromatic carbocycles. The molecule has 1 saturated heterocycles. The number of hydrogen-bond acceptors (Lipinski definition) is 7. The SMILES string of the molecule is COCCn1c(CN(C[C@H]2CCCO2)C(=O)c2ccc(OC)cc2)cnc1S(=O)(=O)Cc1ccccc1. The van der Waals surface area contributed by atoms with Gasteiger partial charge in [0.05, 0.1) is 44.0 Å². The maximum absolute atomic E-state index is 13.6. The number of carbonyl (C=O) groups is 1. The molecule has 1 atom stereocenters. The fourth-order valence-corrected chi connectivity index (χ4v) is 5.93. The topological polar surface area (TPSA) is 100.0 Å². The fraction of sp³-hybridized carbons (Fsp3) is 0.407. The van der Waals surface area contributed by atoms with Gasteiger partial charge in [-0.25, -0.2) is 13.4 Å². The fourth-order valence-electron chi connectivity index (χ4n) is 4.41. The number of carbonyl (C=O) groups excluding carboxylic acids is 1. The Labute approximate surface area is 217 Å². The highest BCUT2D eigenvalue weighted by molar-refractivity contribution is 7.90. The second-order valence-corrected chi connectivity index (χ2v) is 10.9. The van der Waals surface area contributed by atoms with Gasteiger partial charge >= 0.3 is 0 Å². The third-order valence-electron chi connectivity index (χ3n) is 6.32. The number of rotatable bonds is 12. The van der Waals surface area contributed by atoms with E-state index in [1.165, 1.54) is 6.20 Å². The molecule has 9 nitrogen and oxygen atoms in total. The lowest BCUT2D eigenvalue weighted by Gasteiger charge is -2.26. The second kappa shape index (κ2) is 12.4. The number of hydrogen-bond donors (Lipinski definition) is 0. The van der Waals surface area contributed by atoms with Gasteiger partial charge in [0, 0.05) is 32.4 Å². The number of methoxy groups -OCH3 is 2. The van der Waals surface area contributed by atoms with Crippen LogP contribution in [0.1, 0.15) is 34.5 Å². The molecule has 0 bridgehead atoms. The van der Waals surface area contributed by atoms with Crippen molar-refractivity contribution < 1.29 is 27.4 Å². The second-order valence-electron chi connectivity index (χ2n) is 8.97. The van der Waals surface area contributed by atoms with Gasteiger partial charge in [-0.2, -0.15) is 0 Å². The average Bonchev–Trinajstić information content (AvgIpc) is 3.57. The zero-order valence-electron chi connectivity index (χ0n) is 21.2. The highest BCUT2D eigenvalue weighted by Crippen LogP contribution is 2.22. The number of aromatic nitrogens is 2. The quantitative estimate of drug-likeness (QED) is 0.356. The number of benzene rings is 2. The van der Waals surface area contributed by atoms with Crippen LogP contribution in [0.25, 0.3) is 0 Å². The molecule has 0 radical (unpaired) electrons. The molecule has 4 rings (SSSR count). The minimum Gasteiger partial charge on any atom is -0.497 e. The van der Waals surface area contributed by atoms with Gasteiger partial charge in [0.15, 0.2) is 0 Å². The van der Waals surface area contributed by atoms with Crippen LogP contribution in [0.2, 0.25) is 0 Å². The van der Waals surface area contributed by atoms with E-state index in [4.69, 9.17) is 14.2 Å². The summed E-state index contributed by atoms with van der Waals surface area (Å²) >= 11 is 0. The predicted octanol–water partition coefficient (Wildman–Crippen LogP) is 3.33. The van der Waals surface area contributed by atoms with Crippen molar-refractivity contribution in [2.45, 2.75) is 42.9 Å². The first-order valence-electron chi connectivity index (χ1n) is 12.3. The molecule has 10 heteroatoms. The third kappa shape index (κ3) is 6.76. The molecule has 2 heterocycles. The van der Waals surface area contributed by atoms with E-state index < -0.39 is 9.84 Å². The van der Waals surface area contributed by atoms with Crippen LogP contribution in [0.4, 0.5) is 0 Å². The normalized spacial score (nSPS) is 15.6. The van der Waals surface area contributed by atoms with E-state index in [-0.39, 0.29) is 29.5 Å². The molecule has 3 aromatic rings. The van der Waals surface area contributed by atoms with Crippen LogP contribution in [-0.4, -0.2) is 68.9 Å². The van der Waals surface area contributed by atoms with Crippen molar-refractivity contribution in [3.05, 3.63) is 77.6 Å². The Balaban J connectivity index is 1.64. The van der Waals surface area contributed by atoms with E-state index in [9.17, 15) is 13.2 Å². The van der Waals surface area contributed by atoms with E-state index in [0.717, 1.165) is 12.8 Å². The summed E-state index contributed by atoms with van der Waals surface area (Å²) in [6.07, 6.45) is 3.28. The summed E-state index contributed by atoms with van der Waals surface area (Å²) in [5, 5.41) is -0.0302. The van der Waals surface area contributed by atoms with Crippen molar-refractivity contribution in [2.75, 3.05) is 34.0 Å². The van der Waals surface area contributed by atoms with Crippen molar-refractivity contribution in [1.29, 1.82) is 0 Å². The third-order valence-corrected chi connectivity index (χ3v) is 7.92. The Hall–Kier alpha value is -3.21. The minimum atomic E-state index is -3.74. The maximum atomic E-state index is 13.6. The summed E-state index contributed by atoms with van der Waals surface area (Å²) in [6, 6.07) is 15.9. The Morgan fingerprint density at radius 2 is 1.89 bits per heavy atom. The van der Waals surface area contributed by atoms with Crippen LogP contribution in [0, 0.1) is 0 Å². The van der Waals surface area contributed by atoms with Gasteiger partial charge < -0.3 is 23.7 Å². The first-order valence-corrected chi connectivity index (χ1v) is 13.9. The molecule has 1 aliphatic rings. The molecule has 37 heavy (non-hydrogen) atoms. The number of amides is 1. The minimum absolute atomic E-state index is 0.0302. The smallest absolute Gasteiger partial charge is 0.254 e. The summed E-state index contributed by atoms with van der Waals surface area (Å²) in [7, 11) is -0.602. The molecule has 198 valence electrons. The van der Waals surface area contributed by atoms with Gasteiger partial charge in [-0.05, 0) is 42.7 Å². The van der Waals surface area contributed by atoms with Gasteiger partial charge in [0.25, 0.3) is 5.91 Å². The van der Waals surface area contributed by atoms with Gasteiger partial charge in [0.1, 0.15) is 5.75 Å².